The van der Waals surface area contributed by atoms with Crippen molar-refractivity contribution < 1.29 is 14.4 Å². The SMILES string of the molecule is C[C@H](CNC(=O)C1CNC(=O)N1C)NC(=O)c1cc(Cl)cc2cccnc12. The van der Waals surface area contributed by atoms with Gasteiger partial charge in [-0.3, -0.25) is 14.6 Å². The molecule has 0 radical (unpaired) electrons. The summed E-state index contributed by atoms with van der Waals surface area (Å²) in [5.74, 6) is -0.593. The van der Waals surface area contributed by atoms with Gasteiger partial charge in [0, 0.05) is 42.8 Å². The van der Waals surface area contributed by atoms with Crippen LogP contribution in [0.4, 0.5) is 4.79 Å². The minimum Gasteiger partial charge on any atom is -0.352 e. The van der Waals surface area contributed by atoms with Crippen molar-refractivity contribution in [1.29, 1.82) is 0 Å². The van der Waals surface area contributed by atoms with Crippen molar-refractivity contribution in [3.63, 3.8) is 0 Å². The van der Waals surface area contributed by atoms with E-state index in [0.29, 0.717) is 16.1 Å². The first-order valence-electron chi connectivity index (χ1n) is 8.50. The highest BCUT2D eigenvalue weighted by Crippen LogP contribution is 2.22. The minimum atomic E-state index is -0.554. The molecular formula is C18H20ClN5O3. The second kappa shape index (κ2) is 7.79. The highest BCUT2D eigenvalue weighted by atomic mass is 35.5. The highest BCUT2D eigenvalue weighted by molar-refractivity contribution is 6.32. The van der Waals surface area contributed by atoms with Gasteiger partial charge in [0.05, 0.1) is 11.1 Å². The van der Waals surface area contributed by atoms with Crippen LogP contribution in [0.25, 0.3) is 10.9 Å². The summed E-state index contributed by atoms with van der Waals surface area (Å²) in [7, 11) is 1.56. The lowest BCUT2D eigenvalue weighted by Gasteiger charge is -2.20. The summed E-state index contributed by atoms with van der Waals surface area (Å²) in [6.07, 6.45) is 1.62. The molecule has 1 aromatic heterocycles. The fourth-order valence-corrected chi connectivity index (χ4v) is 3.14. The number of amides is 4. The normalized spacial score (nSPS) is 17.5. The predicted octanol–water partition coefficient (Wildman–Crippen LogP) is 1.15. The van der Waals surface area contributed by atoms with Gasteiger partial charge >= 0.3 is 6.03 Å². The average molecular weight is 390 g/mol. The second-order valence-electron chi connectivity index (χ2n) is 6.46. The van der Waals surface area contributed by atoms with Gasteiger partial charge in [-0.15, -0.1) is 0 Å². The van der Waals surface area contributed by atoms with Crippen LogP contribution in [0.15, 0.2) is 30.5 Å². The molecule has 2 heterocycles. The Balaban J connectivity index is 1.61. The zero-order valence-corrected chi connectivity index (χ0v) is 15.7. The summed E-state index contributed by atoms with van der Waals surface area (Å²) in [5, 5.41) is 9.41. The van der Waals surface area contributed by atoms with E-state index in [1.165, 1.54) is 4.90 Å². The molecular weight excluding hydrogens is 370 g/mol. The van der Waals surface area contributed by atoms with E-state index in [1.54, 1.807) is 38.4 Å². The summed E-state index contributed by atoms with van der Waals surface area (Å²) >= 11 is 6.10. The van der Waals surface area contributed by atoms with Gasteiger partial charge in [0.2, 0.25) is 5.91 Å². The maximum Gasteiger partial charge on any atom is 0.317 e. The quantitative estimate of drug-likeness (QED) is 0.713. The van der Waals surface area contributed by atoms with Crippen LogP contribution in [0.2, 0.25) is 5.02 Å². The van der Waals surface area contributed by atoms with Gasteiger partial charge in [0.1, 0.15) is 6.04 Å². The first kappa shape index (κ1) is 18.9. The third kappa shape index (κ3) is 4.11. The van der Waals surface area contributed by atoms with Crippen LogP contribution >= 0.6 is 11.6 Å². The molecule has 0 saturated carbocycles. The van der Waals surface area contributed by atoms with E-state index in [2.05, 4.69) is 20.9 Å². The third-order valence-electron chi connectivity index (χ3n) is 4.41. The lowest BCUT2D eigenvalue weighted by atomic mass is 10.1. The number of nitrogens with zero attached hydrogens (tertiary/aromatic N) is 2. The lowest BCUT2D eigenvalue weighted by molar-refractivity contribution is -0.124. The fraction of sp³-hybridized carbons (Fsp3) is 0.333. The van der Waals surface area contributed by atoms with E-state index in [1.807, 2.05) is 6.07 Å². The smallest absolute Gasteiger partial charge is 0.317 e. The number of urea groups is 1. The van der Waals surface area contributed by atoms with Crippen LogP contribution in [-0.2, 0) is 4.79 Å². The Morgan fingerprint density at radius 1 is 1.44 bits per heavy atom. The maximum atomic E-state index is 12.6. The summed E-state index contributed by atoms with van der Waals surface area (Å²) in [5.41, 5.74) is 0.939. The Labute approximate surface area is 161 Å². The first-order valence-corrected chi connectivity index (χ1v) is 8.88. The number of fused-ring (bicyclic) bond motifs is 1. The topological polar surface area (TPSA) is 103 Å². The van der Waals surface area contributed by atoms with Crippen molar-refractivity contribution in [3.8, 4) is 0 Å². The standard InChI is InChI=1S/C18H20ClN5O3/c1-10(8-21-17(26)14-9-22-18(27)24(14)2)23-16(25)13-7-12(19)6-11-4-3-5-20-15(11)13/h3-7,10,14H,8-9H2,1-2H3,(H,21,26)(H,22,27)(H,23,25)/t10-,14?/m1/s1. The van der Waals surface area contributed by atoms with E-state index in [9.17, 15) is 14.4 Å². The third-order valence-corrected chi connectivity index (χ3v) is 4.63. The van der Waals surface area contributed by atoms with E-state index < -0.39 is 6.04 Å². The number of hydrogen-bond acceptors (Lipinski definition) is 4. The van der Waals surface area contributed by atoms with Gasteiger partial charge in [-0.2, -0.15) is 0 Å². The molecule has 2 aromatic rings. The summed E-state index contributed by atoms with van der Waals surface area (Å²) in [6.45, 7) is 2.28. The number of hydrogen-bond donors (Lipinski definition) is 3. The van der Waals surface area contributed by atoms with Crippen molar-refractivity contribution in [2.75, 3.05) is 20.1 Å². The largest absolute Gasteiger partial charge is 0.352 e. The number of nitrogens with one attached hydrogen (secondary N) is 3. The van der Waals surface area contributed by atoms with Crippen LogP contribution in [0, 0.1) is 0 Å². The number of likely N-dealkylation sites (N-methyl/N-ethyl adjacent to an activating group) is 1. The molecule has 142 valence electrons. The first-order chi connectivity index (χ1) is 12.9. The molecule has 1 saturated heterocycles. The zero-order valence-electron chi connectivity index (χ0n) is 15.0. The van der Waals surface area contributed by atoms with Gasteiger partial charge in [0.15, 0.2) is 0 Å². The number of rotatable bonds is 5. The minimum absolute atomic E-state index is 0.231. The highest BCUT2D eigenvalue weighted by Gasteiger charge is 2.32. The molecule has 1 aliphatic heterocycles. The molecule has 0 bridgehead atoms. The van der Waals surface area contributed by atoms with E-state index in [-0.39, 0.29) is 37.0 Å². The van der Waals surface area contributed by atoms with Crippen molar-refractivity contribution in [2.45, 2.75) is 19.0 Å². The predicted molar refractivity (Wildman–Crippen MR) is 102 cm³/mol. The molecule has 27 heavy (non-hydrogen) atoms. The molecule has 1 aromatic carbocycles. The molecule has 9 heteroatoms. The Morgan fingerprint density at radius 3 is 2.93 bits per heavy atom. The van der Waals surface area contributed by atoms with E-state index in [4.69, 9.17) is 11.6 Å². The molecule has 1 fully saturated rings. The number of aromatic nitrogens is 1. The molecule has 3 N–H and O–H groups in total. The second-order valence-corrected chi connectivity index (χ2v) is 6.90. The monoisotopic (exact) mass is 389 g/mol. The fourth-order valence-electron chi connectivity index (χ4n) is 2.91. The van der Waals surface area contributed by atoms with Gasteiger partial charge in [-0.1, -0.05) is 17.7 Å². The van der Waals surface area contributed by atoms with Gasteiger partial charge in [-0.25, -0.2) is 4.79 Å². The Hall–Kier alpha value is -2.87. The van der Waals surface area contributed by atoms with Gasteiger partial charge < -0.3 is 20.9 Å². The van der Waals surface area contributed by atoms with Crippen molar-refractivity contribution in [1.82, 2.24) is 25.8 Å². The zero-order chi connectivity index (χ0) is 19.6. The molecule has 4 amide bonds. The molecule has 3 rings (SSSR count). The number of carbonyl (C=O) groups excluding carboxylic acids is 3. The molecule has 1 aliphatic rings. The van der Waals surface area contributed by atoms with Gasteiger partial charge in [0.25, 0.3) is 5.91 Å². The number of pyridine rings is 1. The molecule has 8 nitrogen and oxygen atoms in total. The number of carbonyl (C=O) groups is 3. The van der Waals surface area contributed by atoms with Crippen molar-refractivity contribution in [2.24, 2.45) is 0 Å². The van der Waals surface area contributed by atoms with Crippen molar-refractivity contribution in [3.05, 3.63) is 41.0 Å². The van der Waals surface area contributed by atoms with E-state index >= 15 is 0 Å². The van der Waals surface area contributed by atoms with Crippen LogP contribution in [0.1, 0.15) is 17.3 Å². The van der Waals surface area contributed by atoms with Crippen molar-refractivity contribution >= 4 is 40.3 Å². The lowest BCUT2D eigenvalue weighted by Crippen LogP contribution is -2.48. The molecule has 0 aliphatic carbocycles. The Kier molecular flexibility index (Phi) is 5.46. The summed E-state index contributed by atoms with van der Waals surface area (Å²) < 4.78 is 0. The van der Waals surface area contributed by atoms with Crippen LogP contribution in [-0.4, -0.2) is 60.0 Å². The summed E-state index contributed by atoms with van der Waals surface area (Å²) in [6, 6.07) is 5.77. The van der Waals surface area contributed by atoms with E-state index in [0.717, 1.165) is 5.39 Å². The number of halogens is 1. The average Bonchev–Trinajstić information content (AvgIpc) is 2.98. The Morgan fingerprint density at radius 2 is 2.22 bits per heavy atom. The molecule has 0 spiro atoms. The maximum absolute atomic E-state index is 12.6. The Bertz CT molecular complexity index is 904. The molecule has 2 atom stereocenters. The van der Waals surface area contributed by atoms with Crippen LogP contribution < -0.4 is 16.0 Å². The van der Waals surface area contributed by atoms with Crippen LogP contribution in [0.3, 0.4) is 0 Å². The molecule has 1 unspecified atom stereocenters. The van der Waals surface area contributed by atoms with Crippen LogP contribution in [0.5, 0.6) is 0 Å². The van der Waals surface area contributed by atoms with Gasteiger partial charge in [-0.05, 0) is 25.1 Å². The summed E-state index contributed by atoms with van der Waals surface area (Å²) in [4.78, 5) is 41.9. The number of benzene rings is 1.